The summed E-state index contributed by atoms with van der Waals surface area (Å²) in [6.07, 6.45) is 3.97. The van der Waals surface area contributed by atoms with E-state index in [-0.39, 0.29) is 17.9 Å². The van der Waals surface area contributed by atoms with Crippen LogP contribution in [-0.4, -0.2) is 14.5 Å². The molecule has 0 bridgehead atoms. The molecule has 0 amide bonds. The van der Waals surface area contributed by atoms with Crippen molar-refractivity contribution in [2.24, 2.45) is 0 Å². The van der Waals surface area contributed by atoms with E-state index in [9.17, 15) is 4.39 Å². The Morgan fingerprint density at radius 1 is 1.29 bits per heavy atom. The smallest absolute Gasteiger partial charge is 0.176 e. The molecule has 2 heterocycles. The highest BCUT2D eigenvalue weighted by Crippen LogP contribution is 2.09. The minimum Gasteiger partial charge on any atom is -0.317 e. The third-order valence-electron chi connectivity index (χ3n) is 2.16. The van der Waals surface area contributed by atoms with Crippen molar-refractivity contribution in [3.05, 3.63) is 47.6 Å². The summed E-state index contributed by atoms with van der Waals surface area (Å²) < 4.78 is 14.4. The normalized spacial score (nSPS) is 9.59. The molecule has 2 rings (SSSR count). The largest absolute Gasteiger partial charge is 0.317 e. The maximum atomic E-state index is 12.9. The topological polar surface area (TPSA) is 78.3 Å². The summed E-state index contributed by atoms with van der Waals surface area (Å²) in [7, 11) is 0. The minimum atomic E-state index is -0.443. The number of nitrogens with zero attached hydrogens (tertiary/aromatic N) is 5. The van der Waals surface area contributed by atoms with Gasteiger partial charge in [0, 0.05) is 6.20 Å². The molecule has 6 heteroatoms. The first kappa shape index (κ1) is 10.8. The Morgan fingerprint density at radius 2 is 2.12 bits per heavy atom. The van der Waals surface area contributed by atoms with Crippen LogP contribution in [0, 0.1) is 28.5 Å². The van der Waals surface area contributed by atoms with Gasteiger partial charge < -0.3 is 4.57 Å². The zero-order valence-corrected chi connectivity index (χ0v) is 8.63. The molecule has 17 heavy (non-hydrogen) atoms. The second-order valence-electron chi connectivity index (χ2n) is 3.30. The lowest BCUT2D eigenvalue weighted by Gasteiger charge is -2.03. The van der Waals surface area contributed by atoms with Crippen LogP contribution in [-0.2, 0) is 6.54 Å². The number of nitriles is 2. The SMILES string of the molecule is N#Cc1ncn(Cc2cncc(F)c2)c1C#N. The van der Waals surface area contributed by atoms with Crippen molar-refractivity contribution in [1.29, 1.82) is 10.5 Å². The van der Waals surface area contributed by atoms with Gasteiger partial charge in [0.25, 0.3) is 0 Å². The van der Waals surface area contributed by atoms with E-state index in [1.165, 1.54) is 23.2 Å². The first-order valence-corrected chi connectivity index (χ1v) is 4.69. The number of hydrogen-bond acceptors (Lipinski definition) is 4. The molecular weight excluding hydrogens is 221 g/mol. The number of rotatable bonds is 2. The minimum absolute atomic E-state index is 0.0665. The highest BCUT2D eigenvalue weighted by molar-refractivity contribution is 5.36. The molecule has 2 aromatic heterocycles. The Labute approximate surface area is 96.4 Å². The van der Waals surface area contributed by atoms with Crippen LogP contribution in [0.15, 0.2) is 24.8 Å². The first-order chi connectivity index (χ1) is 8.24. The summed E-state index contributed by atoms with van der Waals surface area (Å²) in [5, 5.41) is 17.6. The molecule has 0 radical (unpaired) electrons. The third-order valence-corrected chi connectivity index (χ3v) is 2.16. The molecule has 0 saturated carbocycles. The summed E-state index contributed by atoms with van der Waals surface area (Å²) in [6, 6.07) is 5.03. The van der Waals surface area contributed by atoms with Crippen LogP contribution in [0.5, 0.6) is 0 Å². The number of aromatic nitrogens is 3. The van der Waals surface area contributed by atoms with Gasteiger partial charge in [-0.25, -0.2) is 9.37 Å². The van der Waals surface area contributed by atoms with Gasteiger partial charge in [0.15, 0.2) is 11.4 Å². The van der Waals surface area contributed by atoms with Crippen LogP contribution < -0.4 is 0 Å². The highest BCUT2D eigenvalue weighted by atomic mass is 19.1. The lowest BCUT2D eigenvalue weighted by molar-refractivity contribution is 0.616. The van der Waals surface area contributed by atoms with Crippen molar-refractivity contribution < 1.29 is 4.39 Å². The van der Waals surface area contributed by atoms with Gasteiger partial charge in [-0.15, -0.1) is 0 Å². The molecule has 0 unspecified atom stereocenters. The van der Waals surface area contributed by atoms with E-state index < -0.39 is 5.82 Å². The van der Waals surface area contributed by atoms with Gasteiger partial charge in [-0.3, -0.25) is 4.98 Å². The number of halogens is 1. The van der Waals surface area contributed by atoms with E-state index in [4.69, 9.17) is 10.5 Å². The fraction of sp³-hybridized carbons (Fsp3) is 0.0909. The molecule has 0 N–H and O–H groups in total. The van der Waals surface area contributed by atoms with Crippen LogP contribution in [0.1, 0.15) is 17.0 Å². The molecule has 0 fully saturated rings. The maximum Gasteiger partial charge on any atom is 0.176 e. The Bertz CT molecular complexity index is 632. The highest BCUT2D eigenvalue weighted by Gasteiger charge is 2.10. The fourth-order valence-electron chi connectivity index (χ4n) is 1.44. The lowest BCUT2D eigenvalue weighted by Crippen LogP contribution is -2.02. The second kappa shape index (κ2) is 4.42. The van der Waals surface area contributed by atoms with E-state index >= 15 is 0 Å². The number of hydrogen-bond donors (Lipinski definition) is 0. The van der Waals surface area contributed by atoms with Crippen molar-refractivity contribution >= 4 is 0 Å². The maximum absolute atomic E-state index is 12.9. The molecule has 0 aliphatic heterocycles. The van der Waals surface area contributed by atoms with Gasteiger partial charge >= 0.3 is 0 Å². The molecule has 0 aliphatic rings. The van der Waals surface area contributed by atoms with Crippen molar-refractivity contribution in [2.45, 2.75) is 6.54 Å². The van der Waals surface area contributed by atoms with Crippen molar-refractivity contribution in [3.8, 4) is 12.1 Å². The summed E-state index contributed by atoms with van der Waals surface area (Å²) in [5.74, 6) is -0.443. The zero-order chi connectivity index (χ0) is 12.3. The lowest BCUT2D eigenvalue weighted by atomic mass is 10.2. The van der Waals surface area contributed by atoms with Gasteiger partial charge in [0.1, 0.15) is 18.0 Å². The average Bonchev–Trinajstić information content (AvgIpc) is 2.71. The summed E-state index contributed by atoms with van der Waals surface area (Å²) in [5.41, 5.74) is 0.831. The number of imidazole rings is 1. The van der Waals surface area contributed by atoms with E-state index in [1.54, 1.807) is 0 Å². The number of pyridine rings is 1. The molecule has 0 aromatic carbocycles. The van der Waals surface area contributed by atoms with Gasteiger partial charge in [0.05, 0.1) is 19.1 Å². The van der Waals surface area contributed by atoms with E-state index in [0.29, 0.717) is 5.56 Å². The molecule has 5 nitrogen and oxygen atoms in total. The third kappa shape index (κ3) is 2.11. The summed E-state index contributed by atoms with van der Waals surface area (Å²) in [4.78, 5) is 7.50. The molecular formula is C11H6FN5. The van der Waals surface area contributed by atoms with Crippen molar-refractivity contribution in [1.82, 2.24) is 14.5 Å². The Morgan fingerprint density at radius 3 is 2.76 bits per heavy atom. The van der Waals surface area contributed by atoms with Gasteiger partial charge in [-0.1, -0.05) is 0 Å². The standard InChI is InChI=1S/C11H6FN5/c12-9-1-8(4-15-5-9)6-17-7-16-10(2-13)11(17)3-14/h1,4-5,7H,6H2. The van der Waals surface area contributed by atoms with Crippen LogP contribution in [0.25, 0.3) is 0 Å². The van der Waals surface area contributed by atoms with Crippen molar-refractivity contribution in [2.75, 3.05) is 0 Å². The van der Waals surface area contributed by atoms with E-state index in [1.807, 2.05) is 12.1 Å². The quantitative estimate of drug-likeness (QED) is 0.772. The monoisotopic (exact) mass is 227 g/mol. The fourth-order valence-corrected chi connectivity index (χ4v) is 1.44. The zero-order valence-electron chi connectivity index (χ0n) is 8.63. The Balaban J connectivity index is 2.35. The van der Waals surface area contributed by atoms with Crippen LogP contribution >= 0.6 is 0 Å². The molecule has 2 aromatic rings. The van der Waals surface area contributed by atoms with E-state index in [2.05, 4.69) is 9.97 Å². The molecule has 0 saturated heterocycles. The van der Waals surface area contributed by atoms with Gasteiger partial charge in [-0.05, 0) is 11.6 Å². The van der Waals surface area contributed by atoms with Crippen molar-refractivity contribution in [3.63, 3.8) is 0 Å². The Hall–Kier alpha value is -2.73. The first-order valence-electron chi connectivity index (χ1n) is 4.69. The molecule has 0 spiro atoms. The molecule has 0 aliphatic carbocycles. The summed E-state index contributed by atoms with van der Waals surface area (Å²) in [6.45, 7) is 0.252. The average molecular weight is 227 g/mol. The molecule has 82 valence electrons. The Kier molecular flexibility index (Phi) is 2.80. The molecule has 0 atom stereocenters. The van der Waals surface area contributed by atoms with Crippen LogP contribution in [0.3, 0.4) is 0 Å². The van der Waals surface area contributed by atoms with Crippen LogP contribution in [0.2, 0.25) is 0 Å². The van der Waals surface area contributed by atoms with Crippen LogP contribution in [0.4, 0.5) is 4.39 Å². The van der Waals surface area contributed by atoms with E-state index in [0.717, 1.165) is 6.20 Å². The predicted molar refractivity (Wildman–Crippen MR) is 55.0 cm³/mol. The second-order valence-corrected chi connectivity index (χ2v) is 3.30. The summed E-state index contributed by atoms with van der Waals surface area (Å²) >= 11 is 0. The van der Waals surface area contributed by atoms with Gasteiger partial charge in [-0.2, -0.15) is 10.5 Å². The van der Waals surface area contributed by atoms with Gasteiger partial charge in [0.2, 0.25) is 0 Å². The predicted octanol–water partition coefficient (Wildman–Crippen LogP) is 1.21.